The monoisotopic (exact) mass is 350 g/mol. The smallest absolute Gasteiger partial charge is 0.318 e. The summed E-state index contributed by atoms with van der Waals surface area (Å²) in [6.07, 6.45) is 1.99. The van der Waals surface area contributed by atoms with E-state index in [4.69, 9.17) is 4.74 Å². The molecule has 2 aliphatic rings. The molecule has 3 atom stereocenters. The molecule has 0 aliphatic carbocycles. The lowest BCUT2D eigenvalue weighted by molar-refractivity contribution is -0.147. The third kappa shape index (κ3) is 3.76. The van der Waals surface area contributed by atoms with Crippen LogP contribution < -0.4 is 5.32 Å². The van der Waals surface area contributed by atoms with E-state index < -0.39 is 11.4 Å². The van der Waals surface area contributed by atoms with Gasteiger partial charge >= 0.3 is 12.0 Å². The average Bonchev–Trinajstić information content (AvgIpc) is 3.24. The van der Waals surface area contributed by atoms with Crippen LogP contribution in [0.3, 0.4) is 0 Å². The number of nitrogens with zero attached hydrogens (tertiary/aromatic N) is 1. The first kappa shape index (κ1) is 17.7. The van der Waals surface area contributed by atoms with Crippen LogP contribution in [-0.4, -0.2) is 47.8 Å². The molecule has 136 valence electrons. The molecule has 25 heavy (non-hydrogen) atoms. The van der Waals surface area contributed by atoms with E-state index in [2.05, 4.69) is 5.32 Å². The van der Waals surface area contributed by atoms with Gasteiger partial charge in [0.1, 0.15) is 5.82 Å². The summed E-state index contributed by atoms with van der Waals surface area (Å²) in [5.74, 6) is -1.23. The number of carboxylic acids is 1. The second-order valence-corrected chi connectivity index (χ2v) is 7.07. The normalized spacial score (nSPS) is 27.3. The Bertz CT molecular complexity index is 645. The van der Waals surface area contributed by atoms with Crippen molar-refractivity contribution >= 4 is 12.0 Å². The van der Waals surface area contributed by atoms with Crippen LogP contribution >= 0.6 is 0 Å². The van der Waals surface area contributed by atoms with Crippen LogP contribution in [0.25, 0.3) is 0 Å². The first-order chi connectivity index (χ1) is 11.9. The molecule has 1 aromatic rings. The van der Waals surface area contributed by atoms with E-state index in [1.807, 2.05) is 0 Å². The summed E-state index contributed by atoms with van der Waals surface area (Å²) < 4.78 is 18.9. The van der Waals surface area contributed by atoms with Crippen molar-refractivity contribution in [3.8, 4) is 0 Å². The lowest BCUT2D eigenvalue weighted by Gasteiger charge is -2.28. The molecule has 0 aromatic heterocycles. The van der Waals surface area contributed by atoms with Gasteiger partial charge in [-0.1, -0.05) is 12.1 Å². The number of carbonyl (C=O) groups is 2. The summed E-state index contributed by atoms with van der Waals surface area (Å²) in [4.78, 5) is 25.5. The molecule has 0 radical (unpaired) electrons. The molecule has 2 aliphatic heterocycles. The Hall–Kier alpha value is -2.15. The number of carboxylic acid groups (broad SMARTS) is 1. The predicted molar refractivity (Wildman–Crippen MR) is 88.6 cm³/mol. The molecule has 2 amide bonds. The number of amides is 2. The molecule has 3 unspecified atom stereocenters. The number of nitrogens with one attached hydrogen (secondary N) is 1. The Balaban J connectivity index is 1.73. The van der Waals surface area contributed by atoms with Crippen LogP contribution in [0.4, 0.5) is 9.18 Å². The summed E-state index contributed by atoms with van der Waals surface area (Å²) in [5.41, 5.74) is -0.131. The standard InChI is InChI=1S/C18H23FN2O4/c1-18(16(22)23)8-9-21(11-18)17(24)20-15(14-3-2-10-25-14)12-4-6-13(19)7-5-12/h4-7,14-15H,2-3,8-11H2,1H3,(H,20,24)(H,22,23). The van der Waals surface area contributed by atoms with Gasteiger partial charge in [-0.15, -0.1) is 0 Å². The number of hydrogen-bond acceptors (Lipinski definition) is 3. The van der Waals surface area contributed by atoms with E-state index >= 15 is 0 Å². The minimum atomic E-state index is -0.910. The fourth-order valence-corrected chi connectivity index (χ4v) is 3.46. The van der Waals surface area contributed by atoms with Gasteiger partial charge in [0.25, 0.3) is 0 Å². The van der Waals surface area contributed by atoms with Gasteiger partial charge in [0.05, 0.1) is 17.6 Å². The molecule has 0 bridgehead atoms. The molecule has 6 nitrogen and oxygen atoms in total. The summed E-state index contributed by atoms with van der Waals surface area (Å²) in [6, 6.07) is 5.32. The molecular weight excluding hydrogens is 327 g/mol. The molecule has 2 saturated heterocycles. The molecule has 2 N–H and O–H groups in total. The molecular formula is C18H23FN2O4. The van der Waals surface area contributed by atoms with Gasteiger partial charge in [0, 0.05) is 19.7 Å². The SMILES string of the molecule is CC1(C(=O)O)CCN(C(=O)NC(c2ccc(F)cc2)C2CCCO2)C1. The zero-order valence-corrected chi connectivity index (χ0v) is 14.2. The van der Waals surface area contributed by atoms with E-state index in [1.54, 1.807) is 19.1 Å². The van der Waals surface area contributed by atoms with Gasteiger partial charge in [-0.05, 0) is 43.9 Å². The number of benzene rings is 1. The summed E-state index contributed by atoms with van der Waals surface area (Å²) in [7, 11) is 0. The summed E-state index contributed by atoms with van der Waals surface area (Å²) >= 11 is 0. The number of aliphatic carboxylic acids is 1. The minimum Gasteiger partial charge on any atom is -0.481 e. The molecule has 1 aromatic carbocycles. The highest BCUT2D eigenvalue weighted by molar-refractivity contribution is 5.79. The Morgan fingerprint density at radius 2 is 2.12 bits per heavy atom. The number of hydrogen-bond donors (Lipinski definition) is 2. The topological polar surface area (TPSA) is 78.9 Å². The molecule has 3 rings (SSSR count). The van der Waals surface area contributed by atoms with E-state index in [9.17, 15) is 19.1 Å². The van der Waals surface area contributed by atoms with Crippen molar-refractivity contribution in [2.24, 2.45) is 5.41 Å². The van der Waals surface area contributed by atoms with E-state index in [-0.39, 0.29) is 30.5 Å². The second-order valence-electron chi connectivity index (χ2n) is 7.07. The number of urea groups is 1. The average molecular weight is 350 g/mol. The van der Waals surface area contributed by atoms with Crippen molar-refractivity contribution in [3.05, 3.63) is 35.6 Å². The number of likely N-dealkylation sites (tertiary alicyclic amines) is 1. The molecule has 2 fully saturated rings. The molecule has 7 heteroatoms. The van der Waals surface area contributed by atoms with E-state index in [0.717, 1.165) is 18.4 Å². The molecule has 0 saturated carbocycles. The fourth-order valence-electron chi connectivity index (χ4n) is 3.46. The maximum atomic E-state index is 13.2. The number of carbonyl (C=O) groups excluding carboxylic acids is 1. The third-order valence-corrected chi connectivity index (χ3v) is 5.12. The lowest BCUT2D eigenvalue weighted by Crippen LogP contribution is -2.45. The Kier molecular flexibility index (Phi) is 4.94. The van der Waals surface area contributed by atoms with E-state index in [1.165, 1.54) is 17.0 Å². The van der Waals surface area contributed by atoms with Crippen molar-refractivity contribution in [1.29, 1.82) is 0 Å². The Morgan fingerprint density at radius 3 is 2.68 bits per heavy atom. The van der Waals surface area contributed by atoms with Gasteiger partial charge in [0.15, 0.2) is 0 Å². The zero-order chi connectivity index (χ0) is 18.0. The van der Waals surface area contributed by atoms with E-state index in [0.29, 0.717) is 19.6 Å². The van der Waals surface area contributed by atoms with Gasteiger partial charge in [-0.25, -0.2) is 9.18 Å². The Morgan fingerprint density at radius 1 is 1.40 bits per heavy atom. The van der Waals surface area contributed by atoms with Crippen molar-refractivity contribution in [2.45, 2.75) is 38.3 Å². The lowest BCUT2D eigenvalue weighted by atomic mass is 9.90. The molecule has 2 heterocycles. The van der Waals surface area contributed by atoms with Crippen LogP contribution in [-0.2, 0) is 9.53 Å². The number of rotatable bonds is 4. The Labute approximate surface area is 146 Å². The van der Waals surface area contributed by atoms with Crippen molar-refractivity contribution in [1.82, 2.24) is 10.2 Å². The maximum Gasteiger partial charge on any atom is 0.318 e. The molecule has 0 spiro atoms. The number of ether oxygens (including phenoxy) is 1. The van der Waals surface area contributed by atoms with Crippen LogP contribution in [0.1, 0.15) is 37.8 Å². The van der Waals surface area contributed by atoms with Crippen LogP contribution in [0.15, 0.2) is 24.3 Å². The van der Waals surface area contributed by atoms with Crippen molar-refractivity contribution in [2.75, 3.05) is 19.7 Å². The highest BCUT2D eigenvalue weighted by atomic mass is 19.1. The largest absolute Gasteiger partial charge is 0.481 e. The summed E-state index contributed by atoms with van der Waals surface area (Å²) in [5, 5.41) is 12.3. The highest BCUT2D eigenvalue weighted by Gasteiger charge is 2.43. The quantitative estimate of drug-likeness (QED) is 0.875. The minimum absolute atomic E-state index is 0.164. The van der Waals surface area contributed by atoms with Crippen LogP contribution in [0.5, 0.6) is 0 Å². The third-order valence-electron chi connectivity index (χ3n) is 5.12. The second kappa shape index (κ2) is 7.00. The van der Waals surface area contributed by atoms with Gasteiger partial charge in [0.2, 0.25) is 0 Å². The van der Waals surface area contributed by atoms with Crippen molar-refractivity contribution in [3.63, 3.8) is 0 Å². The highest BCUT2D eigenvalue weighted by Crippen LogP contribution is 2.31. The first-order valence-electron chi connectivity index (χ1n) is 8.55. The van der Waals surface area contributed by atoms with Crippen molar-refractivity contribution < 1.29 is 23.8 Å². The summed E-state index contributed by atoms with van der Waals surface area (Å²) in [6.45, 7) is 2.87. The van der Waals surface area contributed by atoms with Gasteiger partial charge in [-0.2, -0.15) is 0 Å². The van der Waals surface area contributed by atoms with Gasteiger partial charge in [-0.3, -0.25) is 4.79 Å². The van der Waals surface area contributed by atoms with Crippen LogP contribution in [0.2, 0.25) is 0 Å². The van der Waals surface area contributed by atoms with Crippen LogP contribution in [0, 0.1) is 11.2 Å². The zero-order valence-electron chi connectivity index (χ0n) is 14.2. The maximum absolute atomic E-state index is 13.2. The van der Waals surface area contributed by atoms with Gasteiger partial charge < -0.3 is 20.1 Å². The fraction of sp³-hybridized carbons (Fsp3) is 0.556. The predicted octanol–water partition coefficient (Wildman–Crippen LogP) is 2.55. The first-order valence-corrected chi connectivity index (χ1v) is 8.55. The number of halogens is 1.